The highest BCUT2D eigenvalue weighted by molar-refractivity contribution is 7.86. The first kappa shape index (κ1) is 16.5. The summed E-state index contributed by atoms with van der Waals surface area (Å²) in [5.74, 6) is -0.624. The number of imide groups is 1. The van der Waals surface area contributed by atoms with Crippen molar-refractivity contribution < 1.29 is 22.2 Å². The molecule has 25 heavy (non-hydrogen) atoms. The largest absolute Gasteiger partial charge is 0.297 e. The molecule has 2 aliphatic carbocycles. The second-order valence-corrected chi connectivity index (χ2v) is 8.53. The third-order valence-corrected chi connectivity index (χ3v) is 6.75. The highest BCUT2D eigenvalue weighted by Crippen LogP contribution is 2.52. The number of likely N-dealkylation sites (tertiary alicyclic amines) is 1. The van der Waals surface area contributed by atoms with Crippen LogP contribution in [0, 0.1) is 30.6 Å². The molecule has 4 atom stereocenters. The van der Waals surface area contributed by atoms with E-state index in [1.807, 2.05) is 19.1 Å². The Balaban J connectivity index is 1.40. The van der Waals surface area contributed by atoms with Gasteiger partial charge in [-0.15, -0.1) is 0 Å². The lowest BCUT2D eigenvalue weighted by Gasteiger charge is -2.17. The van der Waals surface area contributed by atoms with Gasteiger partial charge in [-0.3, -0.25) is 18.7 Å². The summed E-state index contributed by atoms with van der Waals surface area (Å²) in [5.41, 5.74) is 0.946. The predicted molar refractivity (Wildman–Crippen MR) is 88.8 cm³/mol. The minimum atomic E-state index is -3.89. The summed E-state index contributed by atoms with van der Waals surface area (Å²) >= 11 is 0. The maximum Gasteiger partial charge on any atom is 0.297 e. The van der Waals surface area contributed by atoms with E-state index >= 15 is 0 Å². The van der Waals surface area contributed by atoms with Crippen molar-refractivity contribution in [3.8, 4) is 0 Å². The number of carbonyl (C=O) groups is 2. The van der Waals surface area contributed by atoms with Crippen molar-refractivity contribution in [1.29, 1.82) is 0 Å². The van der Waals surface area contributed by atoms with E-state index in [2.05, 4.69) is 0 Å². The third kappa shape index (κ3) is 2.62. The van der Waals surface area contributed by atoms with Crippen molar-refractivity contribution in [2.24, 2.45) is 23.7 Å². The molecule has 6 nitrogen and oxygen atoms in total. The number of amides is 2. The molecule has 1 aromatic rings. The maximum absolute atomic E-state index is 12.5. The van der Waals surface area contributed by atoms with Crippen molar-refractivity contribution in [1.82, 2.24) is 4.90 Å². The number of rotatable bonds is 5. The molecule has 2 fully saturated rings. The molecule has 1 saturated heterocycles. The van der Waals surface area contributed by atoms with Crippen LogP contribution in [0.3, 0.4) is 0 Å². The molecular formula is C18H19NO5S. The molecule has 4 unspecified atom stereocenters. The Hall–Kier alpha value is -1.99. The van der Waals surface area contributed by atoms with Crippen LogP contribution in [0.5, 0.6) is 0 Å². The first-order valence-corrected chi connectivity index (χ1v) is 9.79. The van der Waals surface area contributed by atoms with Crippen LogP contribution in [0.4, 0.5) is 0 Å². The summed E-state index contributed by atoms with van der Waals surface area (Å²) in [7, 11) is -3.89. The van der Waals surface area contributed by atoms with Gasteiger partial charge in [0.1, 0.15) is 0 Å². The summed E-state index contributed by atoms with van der Waals surface area (Å²) in [6, 6.07) is 6.33. The maximum atomic E-state index is 12.5. The van der Waals surface area contributed by atoms with Gasteiger partial charge in [0.15, 0.2) is 0 Å². The van der Waals surface area contributed by atoms with E-state index in [0.29, 0.717) is 0 Å². The van der Waals surface area contributed by atoms with Gasteiger partial charge in [0.2, 0.25) is 11.8 Å². The smallest absolute Gasteiger partial charge is 0.280 e. The summed E-state index contributed by atoms with van der Waals surface area (Å²) in [4.78, 5) is 26.3. The molecule has 2 bridgehead atoms. The zero-order valence-corrected chi connectivity index (χ0v) is 14.6. The molecule has 1 aromatic carbocycles. The number of carbonyl (C=O) groups excluding carboxylic acids is 2. The molecular weight excluding hydrogens is 342 g/mol. The van der Waals surface area contributed by atoms with Crippen LogP contribution in [-0.4, -0.2) is 38.3 Å². The summed E-state index contributed by atoms with van der Waals surface area (Å²) in [5, 5.41) is 0. The van der Waals surface area contributed by atoms with Crippen LogP contribution in [0.15, 0.2) is 41.3 Å². The number of hydrogen-bond donors (Lipinski definition) is 0. The number of allylic oxidation sites excluding steroid dienone is 2. The third-order valence-electron chi connectivity index (χ3n) is 5.42. The Kier molecular flexibility index (Phi) is 3.81. The topological polar surface area (TPSA) is 80.8 Å². The molecule has 1 aliphatic heterocycles. The van der Waals surface area contributed by atoms with Crippen LogP contribution in [0.1, 0.15) is 12.0 Å². The second-order valence-electron chi connectivity index (χ2n) is 6.92. The van der Waals surface area contributed by atoms with Gasteiger partial charge in [-0.2, -0.15) is 8.42 Å². The van der Waals surface area contributed by atoms with Crippen LogP contribution < -0.4 is 0 Å². The van der Waals surface area contributed by atoms with Crippen LogP contribution in [-0.2, 0) is 23.9 Å². The molecule has 0 radical (unpaired) electrons. The van der Waals surface area contributed by atoms with E-state index in [4.69, 9.17) is 4.18 Å². The van der Waals surface area contributed by atoms with Crippen molar-refractivity contribution in [2.45, 2.75) is 18.2 Å². The highest BCUT2D eigenvalue weighted by atomic mass is 32.2. The van der Waals surface area contributed by atoms with Gasteiger partial charge < -0.3 is 0 Å². The minimum Gasteiger partial charge on any atom is -0.280 e. The Morgan fingerprint density at radius 3 is 2.16 bits per heavy atom. The normalized spacial score (nSPS) is 30.4. The van der Waals surface area contributed by atoms with Gasteiger partial charge in [0.05, 0.1) is 29.9 Å². The first-order valence-electron chi connectivity index (χ1n) is 8.38. The van der Waals surface area contributed by atoms with Gasteiger partial charge in [-0.25, -0.2) is 0 Å². The van der Waals surface area contributed by atoms with Gasteiger partial charge in [-0.1, -0.05) is 29.8 Å². The fourth-order valence-electron chi connectivity index (χ4n) is 4.20. The molecule has 1 saturated carbocycles. The van der Waals surface area contributed by atoms with E-state index < -0.39 is 10.1 Å². The fraction of sp³-hybridized carbons (Fsp3) is 0.444. The average Bonchev–Trinajstić information content (AvgIpc) is 3.24. The zero-order valence-electron chi connectivity index (χ0n) is 13.8. The van der Waals surface area contributed by atoms with Gasteiger partial charge >= 0.3 is 0 Å². The van der Waals surface area contributed by atoms with Gasteiger partial charge in [0.25, 0.3) is 10.1 Å². The predicted octanol–water partition coefficient (Wildman–Crippen LogP) is 1.51. The Labute approximate surface area is 146 Å². The van der Waals surface area contributed by atoms with Crippen LogP contribution in [0.2, 0.25) is 0 Å². The lowest BCUT2D eigenvalue weighted by Crippen LogP contribution is -2.36. The van der Waals surface area contributed by atoms with Gasteiger partial charge in [-0.05, 0) is 37.3 Å². The monoisotopic (exact) mass is 361 g/mol. The average molecular weight is 361 g/mol. The second kappa shape index (κ2) is 5.78. The Morgan fingerprint density at radius 1 is 1.04 bits per heavy atom. The zero-order chi connectivity index (χ0) is 17.8. The van der Waals surface area contributed by atoms with Gasteiger partial charge in [0, 0.05) is 0 Å². The first-order chi connectivity index (χ1) is 11.9. The number of hydrogen-bond acceptors (Lipinski definition) is 5. The van der Waals surface area contributed by atoms with E-state index in [1.165, 1.54) is 17.0 Å². The fourth-order valence-corrected chi connectivity index (χ4v) is 5.10. The standard InChI is InChI=1S/C18H19NO5S/c1-11-2-6-14(7-3-11)25(22,23)24-9-8-19-17(20)15-12-4-5-13(10-12)16(15)18(19)21/h2-7,12-13,15-16H,8-10H2,1H3. The molecule has 0 spiro atoms. The van der Waals surface area contributed by atoms with E-state index in [1.54, 1.807) is 12.1 Å². The molecule has 1 heterocycles. The van der Waals surface area contributed by atoms with Crippen LogP contribution in [0.25, 0.3) is 0 Å². The SMILES string of the molecule is Cc1ccc(S(=O)(=O)OCCN2C(=O)C3C4C=CC(C4)C3C2=O)cc1. The van der Waals surface area contributed by atoms with Crippen molar-refractivity contribution in [3.05, 3.63) is 42.0 Å². The minimum absolute atomic E-state index is 0.0325. The van der Waals surface area contributed by atoms with E-state index in [9.17, 15) is 18.0 Å². The lowest BCUT2D eigenvalue weighted by molar-refractivity contribution is -0.141. The molecule has 3 aliphatic rings. The Morgan fingerprint density at radius 2 is 1.60 bits per heavy atom. The molecule has 7 heteroatoms. The molecule has 4 rings (SSSR count). The Bertz CT molecular complexity index is 828. The highest BCUT2D eigenvalue weighted by Gasteiger charge is 2.59. The molecule has 0 aromatic heterocycles. The lowest BCUT2D eigenvalue weighted by atomic mass is 9.85. The van der Waals surface area contributed by atoms with E-state index in [-0.39, 0.29) is 53.5 Å². The number of benzene rings is 1. The van der Waals surface area contributed by atoms with E-state index in [0.717, 1.165) is 12.0 Å². The van der Waals surface area contributed by atoms with Crippen molar-refractivity contribution >= 4 is 21.9 Å². The quantitative estimate of drug-likeness (QED) is 0.451. The van der Waals surface area contributed by atoms with Crippen molar-refractivity contribution in [2.75, 3.05) is 13.2 Å². The summed E-state index contributed by atoms with van der Waals surface area (Å²) in [6.45, 7) is 1.60. The summed E-state index contributed by atoms with van der Waals surface area (Å²) in [6.07, 6.45) is 4.93. The number of nitrogens with zero attached hydrogens (tertiary/aromatic N) is 1. The number of aryl methyl sites for hydroxylation is 1. The van der Waals surface area contributed by atoms with Crippen LogP contribution >= 0.6 is 0 Å². The summed E-state index contributed by atoms with van der Waals surface area (Å²) < 4.78 is 29.4. The molecule has 2 amide bonds. The molecule has 0 N–H and O–H groups in total. The molecule has 132 valence electrons. The number of fused-ring (bicyclic) bond motifs is 5. The van der Waals surface area contributed by atoms with Crippen molar-refractivity contribution in [3.63, 3.8) is 0 Å².